The summed E-state index contributed by atoms with van der Waals surface area (Å²) in [5.74, 6) is -0.154. The van der Waals surface area contributed by atoms with Crippen LogP contribution in [0.3, 0.4) is 0 Å². The third-order valence-electron chi connectivity index (χ3n) is 3.08. The van der Waals surface area contributed by atoms with Crippen LogP contribution in [0.2, 0.25) is 0 Å². The van der Waals surface area contributed by atoms with Gasteiger partial charge in [-0.2, -0.15) is 0 Å². The van der Waals surface area contributed by atoms with Crippen LogP contribution < -0.4 is 5.32 Å². The van der Waals surface area contributed by atoms with Gasteiger partial charge in [0.05, 0.1) is 18.7 Å². The highest BCUT2D eigenvalue weighted by Crippen LogP contribution is 2.35. The fraction of sp³-hybridized carbons (Fsp3) is 0.778. The van der Waals surface area contributed by atoms with Crippen molar-refractivity contribution in [2.75, 3.05) is 20.2 Å². The monoisotopic (exact) mass is 198 g/mol. The van der Waals surface area contributed by atoms with Gasteiger partial charge in [0, 0.05) is 7.11 Å². The predicted octanol–water partition coefficient (Wildman–Crippen LogP) is 0.107. The second-order valence-electron chi connectivity index (χ2n) is 3.88. The van der Waals surface area contributed by atoms with E-state index in [1.165, 1.54) is 4.90 Å². The number of nitrogens with one attached hydrogen (secondary N) is 1. The zero-order valence-electron chi connectivity index (χ0n) is 8.21. The number of nitrogens with zero attached hydrogens (tertiary/aromatic N) is 1. The van der Waals surface area contributed by atoms with Crippen LogP contribution in [0.5, 0.6) is 0 Å². The molecule has 1 N–H and O–H groups in total. The van der Waals surface area contributed by atoms with Crippen molar-refractivity contribution in [3.63, 3.8) is 0 Å². The van der Waals surface area contributed by atoms with Gasteiger partial charge in [-0.3, -0.25) is 9.69 Å². The van der Waals surface area contributed by atoms with Crippen LogP contribution in [-0.4, -0.2) is 42.6 Å². The number of amides is 3. The maximum atomic E-state index is 11.3. The van der Waals surface area contributed by atoms with E-state index in [9.17, 15) is 9.59 Å². The molecule has 0 aromatic heterocycles. The molecule has 1 aliphatic carbocycles. The Morgan fingerprint density at radius 2 is 2.21 bits per heavy atom. The fourth-order valence-electron chi connectivity index (χ4n) is 1.90. The molecule has 14 heavy (non-hydrogen) atoms. The normalized spacial score (nSPS) is 24.8. The van der Waals surface area contributed by atoms with Crippen molar-refractivity contribution in [1.29, 1.82) is 0 Å². The van der Waals surface area contributed by atoms with Crippen LogP contribution in [-0.2, 0) is 9.53 Å². The molecule has 1 saturated carbocycles. The number of urea groups is 1. The molecule has 0 unspecified atom stereocenters. The molecule has 0 aromatic carbocycles. The van der Waals surface area contributed by atoms with Crippen molar-refractivity contribution >= 4 is 11.9 Å². The second kappa shape index (κ2) is 3.24. The van der Waals surface area contributed by atoms with Crippen LogP contribution in [0.4, 0.5) is 4.79 Å². The summed E-state index contributed by atoms with van der Waals surface area (Å²) in [4.78, 5) is 23.8. The van der Waals surface area contributed by atoms with Gasteiger partial charge in [0.1, 0.15) is 0 Å². The van der Waals surface area contributed by atoms with Gasteiger partial charge in [-0.05, 0) is 19.3 Å². The van der Waals surface area contributed by atoms with Gasteiger partial charge in [-0.1, -0.05) is 0 Å². The molecule has 0 spiro atoms. The van der Waals surface area contributed by atoms with Crippen molar-refractivity contribution in [2.45, 2.75) is 24.9 Å². The van der Waals surface area contributed by atoms with E-state index in [4.69, 9.17) is 4.74 Å². The molecule has 78 valence electrons. The molecule has 3 amide bonds. The Balaban J connectivity index is 2.02. The Kier molecular flexibility index (Phi) is 2.19. The average molecular weight is 198 g/mol. The number of imide groups is 1. The van der Waals surface area contributed by atoms with E-state index in [2.05, 4.69) is 5.32 Å². The predicted molar refractivity (Wildman–Crippen MR) is 48.7 cm³/mol. The standard InChI is InChI=1S/C9H14N2O3/c1-14-9(3-2-4-9)6-11-7(12)5-10-8(11)13/h2-6H2,1H3,(H,10,13). The van der Waals surface area contributed by atoms with E-state index in [0.717, 1.165) is 19.3 Å². The zero-order valence-corrected chi connectivity index (χ0v) is 8.21. The average Bonchev–Trinajstić information content (AvgIpc) is 2.41. The Hall–Kier alpha value is -1.10. The molecule has 0 aromatic rings. The summed E-state index contributed by atoms with van der Waals surface area (Å²) in [6, 6.07) is -0.293. The van der Waals surface area contributed by atoms with Crippen molar-refractivity contribution in [3.05, 3.63) is 0 Å². The van der Waals surface area contributed by atoms with Crippen molar-refractivity contribution in [2.24, 2.45) is 0 Å². The van der Waals surface area contributed by atoms with Crippen LogP contribution in [0.25, 0.3) is 0 Å². The molecule has 0 atom stereocenters. The molecule has 5 heteroatoms. The minimum absolute atomic E-state index is 0.124. The molecule has 5 nitrogen and oxygen atoms in total. The quantitative estimate of drug-likeness (QED) is 0.655. The zero-order chi connectivity index (χ0) is 10.2. The number of hydrogen-bond acceptors (Lipinski definition) is 3. The van der Waals surface area contributed by atoms with Gasteiger partial charge in [0.2, 0.25) is 5.91 Å². The summed E-state index contributed by atoms with van der Waals surface area (Å²) < 4.78 is 5.36. The SMILES string of the molecule is COC1(CN2C(=O)CNC2=O)CCC1. The molecule has 2 fully saturated rings. The first kappa shape index (κ1) is 9.45. The van der Waals surface area contributed by atoms with Crippen LogP contribution in [0.15, 0.2) is 0 Å². The topological polar surface area (TPSA) is 58.6 Å². The molecule has 0 radical (unpaired) electrons. The Morgan fingerprint density at radius 1 is 1.50 bits per heavy atom. The van der Waals surface area contributed by atoms with E-state index < -0.39 is 0 Å². The summed E-state index contributed by atoms with van der Waals surface area (Å²) in [6.45, 7) is 0.521. The lowest BCUT2D eigenvalue weighted by atomic mass is 9.79. The number of ether oxygens (including phenoxy) is 1. The number of methoxy groups -OCH3 is 1. The maximum Gasteiger partial charge on any atom is 0.324 e. The first-order valence-corrected chi connectivity index (χ1v) is 4.80. The minimum atomic E-state index is -0.293. The molecule has 1 saturated heterocycles. The Bertz CT molecular complexity index is 252. The van der Waals surface area contributed by atoms with E-state index in [-0.39, 0.29) is 24.1 Å². The lowest BCUT2D eigenvalue weighted by molar-refractivity contribution is -0.132. The minimum Gasteiger partial charge on any atom is -0.376 e. The number of carbonyl (C=O) groups excluding carboxylic acids is 2. The molecule has 1 aliphatic heterocycles. The maximum absolute atomic E-state index is 11.3. The third kappa shape index (κ3) is 1.37. The smallest absolute Gasteiger partial charge is 0.324 e. The lowest BCUT2D eigenvalue weighted by Gasteiger charge is -2.42. The van der Waals surface area contributed by atoms with Crippen molar-refractivity contribution in [1.82, 2.24) is 10.2 Å². The number of hydrogen-bond donors (Lipinski definition) is 1. The van der Waals surface area contributed by atoms with Gasteiger partial charge >= 0.3 is 6.03 Å². The first-order valence-electron chi connectivity index (χ1n) is 4.80. The van der Waals surface area contributed by atoms with Gasteiger partial charge in [0.25, 0.3) is 0 Å². The molecule has 2 aliphatic rings. The second-order valence-corrected chi connectivity index (χ2v) is 3.88. The summed E-state index contributed by atoms with van der Waals surface area (Å²) >= 11 is 0. The van der Waals surface area contributed by atoms with Crippen LogP contribution in [0, 0.1) is 0 Å². The Labute approximate surface area is 82.4 Å². The lowest BCUT2D eigenvalue weighted by Crippen LogP contribution is -2.51. The highest BCUT2D eigenvalue weighted by Gasteiger charge is 2.43. The largest absolute Gasteiger partial charge is 0.376 e. The van der Waals surface area contributed by atoms with Crippen LogP contribution in [0.1, 0.15) is 19.3 Å². The van der Waals surface area contributed by atoms with Crippen LogP contribution >= 0.6 is 0 Å². The van der Waals surface area contributed by atoms with E-state index >= 15 is 0 Å². The van der Waals surface area contributed by atoms with E-state index in [1.54, 1.807) is 7.11 Å². The summed E-state index contributed by atoms with van der Waals surface area (Å²) in [5.41, 5.74) is -0.267. The molecule has 2 rings (SSSR count). The third-order valence-corrected chi connectivity index (χ3v) is 3.08. The van der Waals surface area contributed by atoms with Crippen molar-refractivity contribution < 1.29 is 14.3 Å². The highest BCUT2D eigenvalue weighted by molar-refractivity contribution is 6.02. The van der Waals surface area contributed by atoms with E-state index in [1.807, 2.05) is 0 Å². The van der Waals surface area contributed by atoms with Gasteiger partial charge in [-0.25, -0.2) is 4.79 Å². The summed E-state index contributed by atoms with van der Waals surface area (Å²) in [6.07, 6.45) is 2.97. The van der Waals surface area contributed by atoms with Gasteiger partial charge in [-0.15, -0.1) is 0 Å². The number of rotatable bonds is 3. The highest BCUT2D eigenvalue weighted by atomic mass is 16.5. The van der Waals surface area contributed by atoms with E-state index in [0.29, 0.717) is 6.54 Å². The number of carbonyl (C=O) groups is 2. The van der Waals surface area contributed by atoms with Gasteiger partial charge in [0.15, 0.2) is 0 Å². The molecule has 1 heterocycles. The fourth-order valence-corrected chi connectivity index (χ4v) is 1.90. The van der Waals surface area contributed by atoms with Crippen molar-refractivity contribution in [3.8, 4) is 0 Å². The summed E-state index contributed by atoms with van der Waals surface area (Å²) in [7, 11) is 1.64. The Morgan fingerprint density at radius 3 is 2.57 bits per heavy atom. The molecule has 0 bridgehead atoms. The summed E-state index contributed by atoms with van der Waals surface area (Å²) in [5, 5.41) is 2.50. The van der Waals surface area contributed by atoms with Gasteiger partial charge < -0.3 is 10.1 Å². The first-order chi connectivity index (χ1) is 6.67. The molecular formula is C9H14N2O3. The molecular weight excluding hydrogens is 184 g/mol.